The fraction of sp³-hybridized carbons (Fsp3) is 0.500. The van der Waals surface area contributed by atoms with Crippen LogP contribution in [0.15, 0.2) is 30.3 Å². The maximum absolute atomic E-state index is 12.2. The summed E-state index contributed by atoms with van der Waals surface area (Å²) >= 11 is 0. The van der Waals surface area contributed by atoms with E-state index < -0.39 is 11.4 Å². The van der Waals surface area contributed by atoms with Crippen LogP contribution >= 0.6 is 0 Å². The maximum Gasteiger partial charge on any atom is 0.313 e. The van der Waals surface area contributed by atoms with E-state index in [0.29, 0.717) is 13.0 Å². The molecule has 1 fully saturated rings. The van der Waals surface area contributed by atoms with Gasteiger partial charge in [-0.3, -0.25) is 14.4 Å². The predicted octanol–water partition coefficient (Wildman–Crippen LogP) is 0.685. The lowest BCUT2D eigenvalue weighted by Gasteiger charge is -2.23. The number of likely N-dealkylation sites (tertiary alicyclic amines) is 1. The van der Waals surface area contributed by atoms with Crippen LogP contribution in [0.5, 0.6) is 0 Å². The van der Waals surface area contributed by atoms with Crippen molar-refractivity contribution in [2.45, 2.75) is 19.3 Å². The molecule has 1 saturated heterocycles. The molecule has 0 radical (unpaired) electrons. The number of carboxylic acid groups (broad SMARTS) is 1. The SMILES string of the molecule is COCC1(C(=O)O)CCN(C(=O)CCNC(=O)Cc2ccccc2)C1. The lowest BCUT2D eigenvalue weighted by atomic mass is 9.88. The Morgan fingerprint density at radius 2 is 2.00 bits per heavy atom. The van der Waals surface area contributed by atoms with Gasteiger partial charge in [0.05, 0.1) is 13.0 Å². The number of amides is 2. The van der Waals surface area contributed by atoms with Crippen LogP contribution in [0.3, 0.4) is 0 Å². The summed E-state index contributed by atoms with van der Waals surface area (Å²) in [5.74, 6) is -1.24. The first-order chi connectivity index (χ1) is 12.0. The van der Waals surface area contributed by atoms with Gasteiger partial charge in [0.25, 0.3) is 0 Å². The zero-order chi connectivity index (χ0) is 18.3. The molecule has 1 aromatic rings. The van der Waals surface area contributed by atoms with Crippen molar-refractivity contribution in [3.8, 4) is 0 Å². The molecule has 1 atom stereocenters. The van der Waals surface area contributed by atoms with Gasteiger partial charge in [-0.15, -0.1) is 0 Å². The molecule has 2 N–H and O–H groups in total. The molecule has 1 aromatic carbocycles. The highest BCUT2D eigenvalue weighted by Crippen LogP contribution is 2.31. The highest BCUT2D eigenvalue weighted by Gasteiger charge is 2.46. The number of carbonyl (C=O) groups is 3. The molecule has 1 unspecified atom stereocenters. The molecule has 2 rings (SSSR count). The summed E-state index contributed by atoms with van der Waals surface area (Å²) in [5.41, 5.74) is -0.113. The summed E-state index contributed by atoms with van der Waals surface area (Å²) in [6.45, 7) is 0.866. The smallest absolute Gasteiger partial charge is 0.313 e. The number of nitrogens with one attached hydrogen (secondary N) is 1. The Kier molecular flexibility index (Phi) is 6.52. The van der Waals surface area contributed by atoms with E-state index in [1.54, 1.807) is 0 Å². The molecule has 0 bridgehead atoms. The fourth-order valence-corrected chi connectivity index (χ4v) is 3.03. The number of rotatable bonds is 8. The molecule has 0 saturated carbocycles. The Hall–Kier alpha value is -2.41. The number of nitrogens with zero attached hydrogens (tertiary/aromatic N) is 1. The molecule has 25 heavy (non-hydrogen) atoms. The number of aliphatic carboxylic acids is 1. The predicted molar refractivity (Wildman–Crippen MR) is 90.9 cm³/mol. The quantitative estimate of drug-likeness (QED) is 0.720. The first-order valence-electron chi connectivity index (χ1n) is 8.27. The van der Waals surface area contributed by atoms with Crippen molar-refractivity contribution < 1.29 is 24.2 Å². The maximum atomic E-state index is 12.2. The number of benzene rings is 1. The van der Waals surface area contributed by atoms with Crippen molar-refractivity contribution in [3.63, 3.8) is 0 Å². The van der Waals surface area contributed by atoms with Gasteiger partial charge in [0.1, 0.15) is 5.41 Å². The first-order valence-corrected chi connectivity index (χ1v) is 8.27. The molecule has 1 aliphatic heterocycles. The number of carboxylic acids is 1. The van der Waals surface area contributed by atoms with Gasteiger partial charge in [0.15, 0.2) is 0 Å². The normalized spacial score (nSPS) is 19.6. The van der Waals surface area contributed by atoms with Crippen molar-refractivity contribution in [1.82, 2.24) is 10.2 Å². The van der Waals surface area contributed by atoms with Crippen LogP contribution in [0, 0.1) is 5.41 Å². The third kappa shape index (κ3) is 5.03. The minimum atomic E-state index is -1.03. The summed E-state index contributed by atoms with van der Waals surface area (Å²) < 4.78 is 5.01. The van der Waals surface area contributed by atoms with Crippen LogP contribution < -0.4 is 5.32 Å². The van der Waals surface area contributed by atoms with E-state index in [1.165, 1.54) is 12.0 Å². The van der Waals surface area contributed by atoms with Crippen molar-refractivity contribution in [1.29, 1.82) is 0 Å². The molecule has 0 spiro atoms. The number of hydrogen-bond donors (Lipinski definition) is 2. The highest BCUT2D eigenvalue weighted by atomic mass is 16.5. The van der Waals surface area contributed by atoms with E-state index in [-0.39, 0.29) is 44.4 Å². The average Bonchev–Trinajstić information content (AvgIpc) is 3.02. The van der Waals surface area contributed by atoms with Crippen LogP contribution in [0.25, 0.3) is 0 Å². The number of carbonyl (C=O) groups excluding carboxylic acids is 2. The largest absolute Gasteiger partial charge is 0.481 e. The second-order valence-corrected chi connectivity index (χ2v) is 6.35. The Morgan fingerprint density at radius 3 is 2.64 bits per heavy atom. The van der Waals surface area contributed by atoms with Gasteiger partial charge >= 0.3 is 5.97 Å². The van der Waals surface area contributed by atoms with Crippen molar-refractivity contribution in [2.75, 3.05) is 33.4 Å². The van der Waals surface area contributed by atoms with Gasteiger partial charge in [0, 0.05) is 33.2 Å². The van der Waals surface area contributed by atoms with Crippen LogP contribution in [0.4, 0.5) is 0 Å². The van der Waals surface area contributed by atoms with Crippen LogP contribution in [0.2, 0.25) is 0 Å². The Balaban J connectivity index is 1.75. The van der Waals surface area contributed by atoms with Crippen molar-refractivity contribution >= 4 is 17.8 Å². The summed E-state index contributed by atoms with van der Waals surface area (Å²) in [6.07, 6.45) is 0.806. The second-order valence-electron chi connectivity index (χ2n) is 6.35. The first kappa shape index (κ1) is 18.9. The van der Waals surface area contributed by atoms with Crippen LogP contribution in [0.1, 0.15) is 18.4 Å². The molecule has 136 valence electrons. The molecule has 2 amide bonds. The Labute approximate surface area is 147 Å². The monoisotopic (exact) mass is 348 g/mol. The van der Waals surface area contributed by atoms with E-state index >= 15 is 0 Å². The van der Waals surface area contributed by atoms with E-state index in [9.17, 15) is 19.5 Å². The fourth-order valence-electron chi connectivity index (χ4n) is 3.03. The number of ether oxygens (including phenoxy) is 1. The van der Waals surface area contributed by atoms with Gasteiger partial charge in [-0.2, -0.15) is 0 Å². The number of methoxy groups -OCH3 is 1. The van der Waals surface area contributed by atoms with E-state index in [2.05, 4.69) is 5.32 Å². The number of hydrogen-bond acceptors (Lipinski definition) is 4. The van der Waals surface area contributed by atoms with E-state index in [0.717, 1.165) is 5.56 Å². The zero-order valence-corrected chi connectivity index (χ0v) is 14.4. The minimum absolute atomic E-state index is 0.0833. The standard InChI is InChI=1S/C18H24N2O5/c1-25-13-18(17(23)24)8-10-20(12-18)16(22)7-9-19-15(21)11-14-5-3-2-4-6-14/h2-6H,7-13H2,1H3,(H,19,21)(H,23,24). The summed E-state index contributed by atoms with van der Waals surface area (Å²) in [6, 6.07) is 9.37. The van der Waals surface area contributed by atoms with Crippen molar-refractivity contribution in [2.24, 2.45) is 5.41 Å². The van der Waals surface area contributed by atoms with Gasteiger partial charge in [-0.1, -0.05) is 30.3 Å². The Morgan fingerprint density at radius 1 is 1.28 bits per heavy atom. The van der Waals surface area contributed by atoms with Crippen LogP contribution in [-0.2, 0) is 25.5 Å². The van der Waals surface area contributed by atoms with E-state index in [4.69, 9.17) is 4.74 Å². The van der Waals surface area contributed by atoms with Gasteiger partial charge in [0.2, 0.25) is 11.8 Å². The molecule has 0 aromatic heterocycles. The zero-order valence-electron chi connectivity index (χ0n) is 14.4. The minimum Gasteiger partial charge on any atom is -0.481 e. The lowest BCUT2D eigenvalue weighted by molar-refractivity contribution is -0.151. The average molecular weight is 348 g/mol. The Bertz CT molecular complexity index is 619. The molecule has 7 nitrogen and oxygen atoms in total. The van der Waals surface area contributed by atoms with Crippen LogP contribution in [-0.4, -0.2) is 61.1 Å². The second kappa shape index (κ2) is 8.62. The summed E-state index contributed by atoms with van der Waals surface area (Å²) in [5, 5.41) is 12.1. The highest BCUT2D eigenvalue weighted by molar-refractivity contribution is 5.82. The van der Waals surface area contributed by atoms with Gasteiger partial charge < -0.3 is 20.1 Å². The van der Waals surface area contributed by atoms with Gasteiger partial charge in [-0.25, -0.2) is 0 Å². The molecular weight excluding hydrogens is 324 g/mol. The molecule has 0 aliphatic carbocycles. The van der Waals surface area contributed by atoms with E-state index in [1.807, 2.05) is 30.3 Å². The molecular formula is C18H24N2O5. The topological polar surface area (TPSA) is 95.9 Å². The summed E-state index contributed by atoms with van der Waals surface area (Å²) in [7, 11) is 1.46. The summed E-state index contributed by atoms with van der Waals surface area (Å²) in [4.78, 5) is 37.1. The molecule has 7 heteroatoms. The molecule has 1 heterocycles. The third-order valence-corrected chi connectivity index (χ3v) is 4.45. The van der Waals surface area contributed by atoms with Gasteiger partial charge in [-0.05, 0) is 12.0 Å². The lowest BCUT2D eigenvalue weighted by Crippen LogP contribution is -2.40. The van der Waals surface area contributed by atoms with Crippen molar-refractivity contribution in [3.05, 3.63) is 35.9 Å². The third-order valence-electron chi connectivity index (χ3n) is 4.45. The molecule has 1 aliphatic rings.